The highest BCUT2D eigenvalue weighted by Crippen LogP contribution is 2.40. The van der Waals surface area contributed by atoms with Crippen LogP contribution in [-0.2, 0) is 18.6 Å². The lowest BCUT2D eigenvalue weighted by Gasteiger charge is -2.41. The molecule has 9 nitrogen and oxygen atoms in total. The van der Waals surface area contributed by atoms with Gasteiger partial charge in [0.2, 0.25) is 0 Å². The maximum absolute atomic E-state index is 13.8. The maximum Gasteiger partial charge on any atom is 0.410 e. The first kappa shape index (κ1) is 39.6. The fourth-order valence-electron chi connectivity index (χ4n) is 4.88. The number of hydrogen-bond donors (Lipinski definition) is 1. The number of nitrogens with one attached hydrogen (secondary N) is 1. The lowest BCUT2D eigenvalue weighted by Crippen LogP contribution is -2.49. The predicted molar refractivity (Wildman–Crippen MR) is 198 cm³/mol. The summed E-state index contributed by atoms with van der Waals surface area (Å²) in [6.45, 7) is 19.1. The van der Waals surface area contributed by atoms with Gasteiger partial charge in [0.15, 0.2) is 8.32 Å². The number of amides is 1. The topological polar surface area (TPSA) is 103 Å². The van der Waals surface area contributed by atoms with Crippen molar-refractivity contribution >= 4 is 43.6 Å². The third-order valence-electron chi connectivity index (χ3n) is 8.61. The van der Waals surface area contributed by atoms with E-state index in [0.29, 0.717) is 17.1 Å². The Morgan fingerprint density at radius 3 is 2.12 bits per heavy atom. The van der Waals surface area contributed by atoms with Crippen molar-refractivity contribution in [1.82, 2.24) is 4.90 Å². The van der Waals surface area contributed by atoms with Gasteiger partial charge in [-0.15, -0.1) is 0 Å². The molecule has 3 rings (SSSR count). The Kier molecular flexibility index (Phi) is 13.1. The van der Waals surface area contributed by atoms with Gasteiger partial charge in [-0.25, -0.2) is 14.4 Å². The van der Waals surface area contributed by atoms with Crippen molar-refractivity contribution in [3.8, 4) is 11.1 Å². The highest BCUT2D eigenvalue weighted by atomic mass is 35.5. The summed E-state index contributed by atoms with van der Waals surface area (Å²) in [5.74, 6) is -1.13. The van der Waals surface area contributed by atoms with Gasteiger partial charge in [-0.2, -0.15) is 0 Å². The quantitative estimate of drug-likeness (QED) is 0.113. The van der Waals surface area contributed by atoms with E-state index in [1.165, 1.54) is 20.3 Å². The van der Waals surface area contributed by atoms with Crippen LogP contribution in [0, 0.1) is 0 Å². The van der Waals surface area contributed by atoms with E-state index in [2.05, 4.69) is 39.2 Å². The van der Waals surface area contributed by atoms with Crippen LogP contribution in [0.4, 0.5) is 10.5 Å². The molecule has 0 radical (unpaired) electrons. The molecule has 0 heterocycles. The fraction of sp³-hybridized carbons (Fsp3) is 0.447. The van der Waals surface area contributed by atoms with Gasteiger partial charge in [0.1, 0.15) is 5.60 Å². The molecule has 0 aliphatic rings. The number of hydrogen-bond acceptors (Lipinski definition) is 8. The SMILES string of the molecule is COC(=O)c1ccc(-c2cccc(NC[C@@H](C)N(C[C@H](O[Si](C)(C)C(C)(C)C)c3cccc(Cl)c3)C(=O)OC(C)(C)C)c2)c(C(=O)OC)c1. The molecule has 0 bridgehead atoms. The third kappa shape index (κ3) is 10.8. The number of ether oxygens (including phenoxy) is 3. The van der Waals surface area contributed by atoms with Crippen LogP contribution < -0.4 is 5.32 Å². The van der Waals surface area contributed by atoms with Crippen LogP contribution in [0.25, 0.3) is 11.1 Å². The molecule has 2 atom stereocenters. The molecule has 0 unspecified atom stereocenters. The van der Waals surface area contributed by atoms with Gasteiger partial charge in [0, 0.05) is 23.3 Å². The molecule has 1 N–H and O–H groups in total. The molecule has 0 aliphatic carbocycles. The second-order valence-corrected chi connectivity index (χ2v) is 19.8. The summed E-state index contributed by atoms with van der Waals surface area (Å²) in [5.41, 5.74) is 2.76. The number of esters is 2. The van der Waals surface area contributed by atoms with E-state index >= 15 is 0 Å². The van der Waals surface area contributed by atoms with Gasteiger partial charge in [-0.1, -0.05) is 62.7 Å². The Bertz CT molecular complexity index is 1630. The van der Waals surface area contributed by atoms with Crippen LogP contribution in [-0.4, -0.2) is 70.2 Å². The van der Waals surface area contributed by atoms with Crippen molar-refractivity contribution in [3.63, 3.8) is 0 Å². The molecule has 0 fully saturated rings. The second-order valence-electron chi connectivity index (χ2n) is 14.6. The van der Waals surface area contributed by atoms with Crippen LogP contribution in [0.2, 0.25) is 23.2 Å². The maximum atomic E-state index is 13.8. The van der Waals surface area contributed by atoms with E-state index in [1.54, 1.807) is 17.0 Å². The smallest absolute Gasteiger partial charge is 0.410 e. The summed E-state index contributed by atoms with van der Waals surface area (Å²) in [4.78, 5) is 40.4. The van der Waals surface area contributed by atoms with Crippen LogP contribution in [0.3, 0.4) is 0 Å². The van der Waals surface area contributed by atoms with Gasteiger partial charge < -0.3 is 28.9 Å². The van der Waals surface area contributed by atoms with E-state index in [9.17, 15) is 14.4 Å². The van der Waals surface area contributed by atoms with Crippen molar-refractivity contribution in [1.29, 1.82) is 0 Å². The van der Waals surface area contributed by atoms with Crippen molar-refractivity contribution < 1.29 is 33.0 Å². The minimum absolute atomic E-state index is 0.0634. The second kappa shape index (κ2) is 16.2. The van der Waals surface area contributed by atoms with E-state index in [1.807, 2.05) is 76.2 Å². The molecule has 0 spiro atoms. The number of nitrogens with zero attached hydrogens (tertiary/aromatic N) is 1. The predicted octanol–water partition coefficient (Wildman–Crippen LogP) is 9.38. The lowest BCUT2D eigenvalue weighted by atomic mass is 9.97. The van der Waals surface area contributed by atoms with Crippen LogP contribution in [0.5, 0.6) is 0 Å². The lowest BCUT2D eigenvalue weighted by molar-refractivity contribution is 0.00797. The van der Waals surface area contributed by atoms with Gasteiger partial charge in [-0.3, -0.25) is 0 Å². The standard InChI is InChI=1S/C38H51ClN2O7Si/c1-25(23-40-30-17-13-14-26(21-30)31-19-18-28(34(42)45-8)22-32(31)35(43)46-9)41(36(44)47-37(2,3)4)24-33(27-15-12-16-29(39)20-27)48-49(10,11)38(5,6)7/h12-22,25,33,40H,23-24H2,1-11H3/t25-,33+/m1/s1. The van der Waals surface area contributed by atoms with Crippen molar-refractivity contribution in [2.75, 3.05) is 32.6 Å². The zero-order valence-electron chi connectivity index (χ0n) is 30.6. The number of benzene rings is 3. The molecule has 1 amide bonds. The highest BCUT2D eigenvalue weighted by molar-refractivity contribution is 6.74. The van der Waals surface area contributed by atoms with Gasteiger partial charge in [0.25, 0.3) is 0 Å². The largest absolute Gasteiger partial charge is 0.465 e. The average Bonchev–Trinajstić information content (AvgIpc) is 3.03. The minimum Gasteiger partial charge on any atom is -0.465 e. The molecule has 11 heteroatoms. The first-order chi connectivity index (χ1) is 22.8. The molecule has 0 aromatic heterocycles. The van der Waals surface area contributed by atoms with Gasteiger partial charge >= 0.3 is 18.0 Å². The number of halogens is 1. The number of carbonyl (C=O) groups excluding carboxylic acids is 3. The van der Waals surface area contributed by atoms with Crippen LogP contribution in [0.1, 0.15) is 80.8 Å². The number of rotatable bonds is 12. The summed E-state index contributed by atoms with van der Waals surface area (Å²) in [5, 5.41) is 3.99. The molecule has 266 valence electrons. The Morgan fingerprint density at radius 2 is 1.53 bits per heavy atom. The summed E-state index contributed by atoms with van der Waals surface area (Å²) >= 11 is 6.43. The van der Waals surface area contributed by atoms with Crippen molar-refractivity contribution in [3.05, 3.63) is 88.4 Å². The van der Waals surface area contributed by atoms with E-state index in [4.69, 9.17) is 30.2 Å². The minimum atomic E-state index is -2.29. The monoisotopic (exact) mass is 710 g/mol. The summed E-state index contributed by atoms with van der Waals surface area (Å²) < 4.78 is 22.7. The number of carbonyl (C=O) groups is 3. The first-order valence-corrected chi connectivity index (χ1v) is 19.6. The number of anilines is 1. The Balaban J connectivity index is 1.95. The molecular formula is C38H51ClN2O7Si. The highest BCUT2D eigenvalue weighted by Gasteiger charge is 2.41. The van der Waals surface area contributed by atoms with Crippen molar-refractivity contribution in [2.45, 2.75) is 84.3 Å². The fourth-order valence-corrected chi connectivity index (χ4v) is 6.35. The van der Waals surface area contributed by atoms with Crippen LogP contribution >= 0.6 is 11.6 Å². The van der Waals surface area contributed by atoms with Crippen LogP contribution in [0.15, 0.2) is 66.7 Å². The Morgan fingerprint density at radius 1 is 0.878 bits per heavy atom. The molecule has 3 aromatic rings. The Hall–Kier alpha value is -3.86. The number of methoxy groups -OCH3 is 2. The third-order valence-corrected chi connectivity index (χ3v) is 13.3. The molecule has 0 saturated heterocycles. The van der Waals surface area contributed by atoms with E-state index in [0.717, 1.165) is 16.8 Å². The molecule has 0 saturated carbocycles. The molecule has 0 aliphatic heterocycles. The zero-order chi connectivity index (χ0) is 36.7. The first-order valence-electron chi connectivity index (χ1n) is 16.3. The van der Waals surface area contributed by atoms with E-state index < -0.39 is 38.1 Å². The normalized spacial score (nSPS) is 13.2. The Labute approximate surface area is 297 Å². The van der Waals surface area contributed by atoms with Gasteiger partial charge in [0.05, 0.1) is 38.0 Å². The van der Waals surface area contributed by atoms with Crippen molar-refractivity contribution in [2.24, 2.45) is 0 Å². The summed E-state index contributed by atoms with van der Waals surface area (Å²) in [7, 11) is 0.292. The molecule has 49 heavy (non-hydrogen) atoms. The summed E-state index contributed by atoms with van der Waals surface area (Å²) in [6, 6.07) is 19.6. The summed E-state index contributed by atoms with van der Waals surface area (Å²) in [6.07, 6.45) is -0.891. The van der Waals surface area contributed by atoms with E-state index in [-0.39, 0.29) is 28.8 Å². The molecule has 3 aromatic carbocycles. The average molecular weight is 711 g/mol. The molecular weight excluding hydrogens is 660 g/mol. The zero-order valence-corrected chi connectivity index (χ0v) is 32.4. The van der Waals surface area contributed by atoms with Gasteiger partial charge in [-0.05, 0) is 98.9 Å².